The smallest absolute Gasteiger partial charge is 0.339 e. The third-order valence-electron chi connectivity index (χ3n) is 4.13. The summed E-state index contributed by atoms with van der Waals surface area (Å²) >= 11 is 1.89. The maximum Gasteiger partial charge on any atom is 0.339 e. The number of aromatic nitrogens is 2. The van der Waals surface area contributed by atoms with E-state index in [1.165, 1.54) is 6.20 Å². The first kappa shape index (κ1) is 16.6. The first-order chi connectivity index (χ1) is 11.5. The quantitative estimate of drug-likeness (QED) is 0.925. The molecule has 0 saturated carbocycles. The maximum absolute atomic E-state index is 12.6. The van der Waals surface area contributed by atoms with Crippen LogP contribution in [0.5, 0.6) is 0 Å². The van der Waals surface area contributed by atoms with Crippen molar-refractivity contribution in [1.29, 1.82) is 0 Å². The Morgan fingerprint density at radius 2 is 2.00 bits per heavy atom. The normalized spacial score (nSPS) is 17.8. The van der Waals surface area contributed by atoms with Gasteiger partial charge in [-0.25, -0.2) is 9.48 Å². The molecule has 0 bridgehead atoms. The van der Waals surface area contributed by atoms with E-state index in [1.54, 1.807) is 35.9 Å². The van der Waals surface area contributed by atoms with Crippen molar-refractivity contribution in [3.63, 3.8) is 0 Å². The molecule has 1 atom stereocenters. The molecule has 0 spiro atoms. The number of carbonyl (C=O) groups excluding carboxylic acids is 1. The van der Waals surface area contributed by atoms with Gasteiger partial charge < -0.3 is 10.0 Å². The van der Waals surface area contributed by atoms with Gasteiger partial charge in [0.2, 0.25) is 0 Å². The molecule has 1 aliphatic heterocycles. The van der Waals surface area contributed by atoms with Crippen LogP contribution < -0.4 is 0 Å². The summed E-state index contributed by atoms with van der Waals surface area (Å²) in [5, 5.41) is 13.7. The number of amides is 1. The van der Waals surface area contributed by atoms with Gasteiger partial charge in [0.15, 0.2) is 0 Å². The fourth-order valence-electron chi connectivity index (χ4n) is 2.81. The highest BCUT2D eigenvalue weighted by Crippen LogP contribution is 2.20. The van der Waals surface area contributed by atoms with Crippen LogP contribution in [0.3, 0.4) is 0 Å². The van der Waals surface area contributed by atoms with Crippen LogP contribution >= 0.6 is 11.8 Å². The summed E-state index contributed by atoms with van der Waals surface area (Å²) in [6, 6.07) is 7.12. The number of benzene rings is 1. The average molecular weight is 345 g/mol. The summed E-state index contributed by atoms with van der Waals surface area (Å²) < 4.78 is 1.57. The third-order valence-corrected chi connectivity index (χ3v) is 5.26. The van der Waals surface area contributed by atoms with Crippen LogP contribution in [-0.4, -0.2) is 55.8 Å². The summed E-state index contributed by atoms with van der Waals surface area (Å²) in [5.74, 6) is 0.00913. The van der Waals surface area contributed by atoms with E-state index in [4.69, 9.17) is 5.11 Å². The molecular weight excluding hydrogens is 326 g/mol. The first-order valence-corrected chi connectivity index (χ1v) is 8.81. The molecule has 0 radical (unpaired) electrons. The van der Waals surface area contributed by atoms with Crippen molar-refractivity contribution in [2.75, 3.05) is 18.8 Å². The Morgan fingerprint density at radius 3 is 2.58 bits per heavy atom. The minimum Gasteiger partial charge on any atom is -0.478 e. The van der Waals surface area contributed by atoms with E-state index in [1.807, 2.05) is 16.7 Å². The van der Waals surface area contributed by atoms with Crippen molar-refractivity contribution < 1.29 is 14.7 Å². The molecule has 0 aliphatic carbocycles. The van der Waals surface area contributed by atoms with Gasteiger partial charge in [-0.2, -0.15) is 16.9 Å². The third kappa shape index (κ3) is 3.17. The second-order valence-electron chi connectivity index (χ2n) is 5.84. The minimum atomic E-state index is -0.998. The van der Waals surface area contributed by atoms with E-state index < -0.39 is 5.97 Å². The molecule has 7 heteroatoms. The van der Waals surface area contributed by atoms with Gasteiger partial charge in [0.05, 0.1) is 17.6 Å². The monoisotopic (exact) mass is 345 g/mol. The van der Waals surface area contributed by atoms with Crippen LogP contribution in [0.15, 0.2) is 30.5 Å². The zero-order chi connectivity index (χ0) is 17.3. The molecule has 2 aromatic rings. The largest absolute Gasteiger partial charge is 0.478 e. The minimum absolute atomic E-state index is 0.0390. The molecule has 2 heterocycles. The Hall–Kier alpha value is -2.28. The van der Waals surface area contributed by atoms with Gasteiger partial charge in [-0.1, -0.05) is 6.92 Å². The number of rotatable bonds is 3. The number of carboxylic acid groups (broad SMARTS) is 1. The number of carboxylic acids is 1. The van der Waals surface area contributed by atoms with Gasteiger partial charge in [-0.05, 0) is 31.2 Å². The van der Waals surface area contributed by atoms with Crippen LogP contribution in [0.25, 0.3) is 5.69 Å². The van der Waals surface area contributed by atoms with Crippen LogP contribution in [-0.2, 0) is 0 Å². The molecule has 24 heavy (non-hydrogen) atoms. The van der Waals surface area contributed by atoms with Crippen molar-refractivity contribution in [2.45, 2.75) is 19.1 Å². The lowest BCUT2D eigenvalue weighted by Gasteiger charge is -2.30. The molecule has 1 aromatic heterocycles. The lowest BCUT2D eigenvalue weighted by Crippen LogP contribution is -2.41. The topological polar surface area (TPSA) is 75.4 Å². The van der Waals surface area contributed by atoms with Gasteiger partial charge in [0.1, 0.15) is 5.56 Å². The average Bonchev–Trinajstić information content (AvgIpc) is 2.96. The van der Waals surface area contributed by atoms with E-state index in [0.717, 1.165) is 24.5 Å². The van der Waals surface area contributed by atoms with Crippen molar-refractivity contribution in [3.8, 4) is 5.69 Å². The van der Waals surface area contributed by atoms with E-state index >= 15 is 0 Å². The Balaban J connectivity index is 1.80. The Kier molecular flexibility index (Phi) is 4.62. The van der Waals surface area contributed by atoms with Crippen LogP contribution in [0, 0.1) is 6.92 Å². The van der Waals surface area contributed by atoms with Gasteiger partial charge in [-0.3, -0.25) is 4.79 Å². The Morgan fingerprint density at radius 1 is 1.29 bits per heavy atom. The molecule has 3 rings (SSSR count). The number of aromatic carboxylic acids is 1. The lowest BCUT2D eigenvalue weighted by atomic mass is 10.1. The Labute approximate surface area is 144 Å². The van der Waals surface area contributed by atoms with E-state index in [-0.39, 0.29) is 11.5 Å². The zero-order valence-corrected chi connectivity index (χ0v) is 14.4. The summed E-state index contributed by atoms with van der Waals surface area (Å²) in [4.78, 5) is 25.6. The molecule has 126 valence electrons. The SMILES string of the molecule is Cc1c(C(=O)O)cnn1-c1ccc(C(=O)N2CCSC(C)C2)cc1. The molecular formula is C17H19N3O3S. The first-order valence-electron chi connectivity index (χ1n) is 7.76. The highest BCUT2D eigenvalue weighted by atomic mass is 32.2. The molecule has 1 saturated heterocycles. The van der Waals surface area contributed by atoms with Crippen LogP contribution in [0.4, 0.5) is 0 Å². The van der Waals surface area contributed by atoms with Crippen molar-refractivity contribution in [3.05, 3.63) is 47.3 Å². The molecule has 1 unspecified atom stereocenters. The number of hydrogen-bond donors (Lipinski definition) is 1. The number of thioether (sulfide) groups is 1. The molecule has 1 aliphatic rings. The zero-order valence-electron chi connectivity index (χ0n) is 13.6. The highest BCUT2D eigenvalue weighted by Gasteiger charge is 2.22. The maximum atomic E-state index is 12.6. The second kappa shape index (κ2) is 6.68. The predicted molar refractivity (Wildman–Crippen MR) is 93.1 cm³/mol. The predicted octanol–water partition coefficient (Wildman–Crippen LogP) is 2.46. The summed E-state index contributed by atoms with van der Waals surface area (Å²) in [6.07, 6.45) is 1.34. The number of carbonyl (C=O) groups is 2. The van der Waals surface area contributed by atoms with Crippen molar-refractivity contribution >= 4 is 23.6 Å². The van der Waals surface area contributed by atoms with Crippen LogP contribution in [0.2, 0.25) is 0 Å². The highest BCUT2D eigenvalue weighted by molar-refractivity contribution is 7.99. The molecule has 1 amide bonds. The van der Waals surface area contributed by atoms with E-state index in [9.17, 15) is 9.59 Å². The van der Waals surface area contributed by atoms with E-state index in [0.29, 0.717) is 16.5 Å². The molecule has 6 nitrogen and oxygen atoms in total. The summed E-state index contributed by atoms with van der Waals surface area (Å²) in [5.41, 5.74) is 2.11. The summed E-state index contributed by atoms with van der Waals surface area (Å²) in [6.45, 7) is 5.39. The second-order valence-corrected chi connectivity index (χ2v) is 7.39. The Bertz CT molecular complexity index is 770. The standard InChI is InChI=1S/C17H19N3O3S/c1-11-10-19(7-8-24-11)16(21)13-3-5-14(6-4-13)20-12(2)15(9-18-20)17(22)23/h3-6,9,11H,7-8,10H2,1-2H3,(H,22,23). The summed E-state index contributed by atoms with van der Waals surface area (Å²) in [7, 11) is 0. The lowest BCUT2D eigenvalue weighted by molar-refractivity contribution is 0.0695. The number of hydrogen-bond acceptors (Lipinski definition) is 4. The van der Waals surface area contributed by atoms with E-state index in [2.05, 4.69) is 12.0 Å². The molecule has 1 fully saturated rings. The van der Waals surface area contributed by atoms with Gasteiger partial charge in [0.25, 0.3) is 5.91 Å². The molecule has 1 aromatic carbocycles. The van der Waals surface area contributed by atoms with Crippen molar-refractivity contribution in [1.82, 2.24) is 14.7 Å². The number of nitrogens with zero attached hydrogens (tertiary/aromatic N) is 3. The molecule has 1 N–H and O–H groups in total. The van der Waals surface area contributed by atoms with Crippen LogP contribution in [0.1, 0.15) is 33.3 Å². The fourth-order valence-corrected chi connectivity index (χ4v) is 3.82. The van der Waals surface area contributed by atoms with Gasteiger partial charge in [-0.15, -0.1) is 0 Å². The van der Waals surface area contributed by atoms with Gasteiger partial charge >= 0.3 is 5.97 Å². The van der Waals surface area contributed by atoms with Gasteiger partial charge in [0, 0.05) is 29.7 Å². The fraction of sp³-hybridized carbons (Fsp3) is 0.353. The van der Waals surface area contributed by atoms with Crippen molar-refractivity contribution in [2.24, 2.45) is 0 Å².